The largest absolute Gasteiger partial charge is 0.394 e. The molecule has 1 aromatic heterocycles. The summed E-state index contributed by atoms with van der Waals surface area (Å²) in [6, 6.07) is 2.45. The van der Waals surface area contributed by atoms with Crippen molar-refractivity contribution in [3.05, 3.63) is 28.2 Å². The second-order valence-electron chi connectivity index (χ2n) is 5.04. The monoisotopic (exact) mass is 295 g/mol. The number of rotatable bonds is 5. The molecule has 1 aliphatic heterocycles. The number of hydrogen-bond acceptors (Lipinski definition) is 5. The van der Waals surface area contributed by atoms with Crippen LogP contribution in [0.2, 0.25) is 0 Å². The highest BCUT2D eigenvalue weighted by molar-refractivity contribution is 5.92. The van der Waals surface area contributed by atoms with E-state index in [0.29, 0.717) is 26.3 Å². The van der Waals surface area contributed by atoms with Crippen molar-refractivity contribution in [2.24, 2.45) is 0 Å². The average molecular weight is 295 g/mol. The lowest BCUT2D eigenvalue weighted by Crippen LogP contribution is -2.50. The fourth-order valence-corrected chi connectivity index (χ4v) is 2.25. The number of hydrogen-bond donors (Lipinski definition) is 1. The van der Waals surface area contributed by atoms with Crippen molar-refractivity contribution in [3.8, 4) is 0 Å². The van der Waals surface area contributed by atoms with E-state index in [4.69, 9.17) is 4.74 Å². The minimum Gasteiger partial charge on any atom is -0.394 e. The van der Waals surface area contributed by atoms with E-state index in [1.54, 1.807) is 4.90 Å². The summed E-state index contributed by atoms with van der Waals surface area (Å²) < 4.78 is 6.58. The topological polar surface area (TPSA) is 84.7 Å². The van der Waals surface area contributed by atoms with Gasteiger partial charge in [-0.2, -0.15) is 5.10 Å². The molecule has 0 saturated carbocycles. The first kappa shape index (κ1) is 15.7. The first-order chi connectivity index (χ1) is 10.2. The Morgan fingerprint density at radius 2 is 2.33 bits per heavy atom. The molecular weight excluding hydrogens is 274 g/mol. The molecule has 7 heteroatoms. The molecule has 1 saturated heterocycles. The number of aromatic nitrogens is 2. The van der Waals surface area contributed by atoms with E-state index in [9.17, 15) is 14.7 Å². The van der Waals surface area contributed by atoms with Crippen LogP contribution in [0.15, 0.2) is 16.9 Å². The number of unbranched alkanes of at least 4 members (excludes halogenated alkanes) is 1. The van der Waals surface area contributed by atoms with E-state index in [1.807, 2.05) is 6.92 Å². The van der Waals surface area contributed by atoms with Crippen molar-refractivity contribution in [2.75, 3.05) is 26.4 Å². The summed E-state index contributed by atoms with van der Waals surface area (Å²) in [4.78, 5) is 25.8. The van der Waals surface area contributed by atoms with Gasteiger partial charge in [-0.25, -0.2) is 4.68 Å². The third-order valence-electron chi connectivity index (χ3n) is 3.51. The van der Waals surface area contributed by atoms with Gasteiger partial charge in [0.2, 0.25) is 0 Å². The minimum atomic E-state index is -0.357. The first-order valence-corrected chi connectivity index (χ1v) is 7.25. The molecule has 116 valence electrons. The Labute approximate surface area is 123 Å². The van der Waals surface area contributed by atoms with Crippen LogP contribution in [0.5, 0.6) is 0 Å². The number of carbonyl (C=O) groups is 1. The van der Waals surface area contributed by atoms with E-state index in [0.717, 1.165) is 12.8 Å². The van der Waals surface area contributed by atoms with Gasteiger partial charge in [0.1, 0.15) is 5.69 Å². The van der Waals surface area contributed by atoms with Gasteiger partial charge in [0, 0.05) is 19.2 Å². The molecule has 1 amide bonds. The van der Waals surface area contributed by atoms with E-state index >= 15 is 0 Å². The van der Waals surface area contributed by atoms with E-state index in [-0.39, 0.29) is 29.8 Å². The van der Waals surface area contributed by atoms with Gasteiger partial charge in [-0.15, -0.1) is 0 Å². The normalized spacial score (nSPS) is 18.8. The van der Waals surface area contributed by atoms with Crippen LogP contribution in [-0.4, -0.2) is 58.1 Å². The standard InChI is InChI=1S/C14H21N3O4/c1-2-3-6-17-13(19)5-4-12(15-17)14(20)16-7-8-21-10-11(16)9-18/h4-5,11,18H,2-3,6-10H2,1H3. The molecule has 0 aromatic carbocycles. The third-order valence-corrected chi connectivity index (χ3v) is 3.51. The Morgan fingerprint density at radius 3 is 3.05 bits per heavy atom. The van der Waals surface area contributed by atoms with Crippen molar-refractivity contribution < 1.29 is 14.6 Å². The zero-order chi connectivity index (χ0) is 15.2. The van der Waals surface area contributed by atoms with Gasteiger partial charge in [-0.05, 0) is 12.5 Å². The highest BCUT2D eigenvalue weighted by Crippen LogP contribution is 2.10. The molecule has 0 aliphatic carbocycles. The van der Waals surface area contributed by atoms with Gasteiger partial charge in [-0.3, -0.25) is 9.59 Å². The van der Waals surface area contributed by atoms with E-state index < -0.39 is 0 Å². The van der Waals surface area contributed by atoms with Crippen LogP contribution in [0.3, 0.4) is 0 Å². The van der Waals surface area contributed by atoms with Crippen LogP contribution in [0.4, 0.5) is 0 Å². The van der Waals surface area contributed by atoms with Crippen molar-refractivity contribution in [3.63, 3.8) is 0 Å². The zero-order valence-electron chi connectivity index (χ0n) is 12.2. The molecule has 2 rings (SSSR count). The van der Waals surface area contributed by atoms with Crippen LogP contribution >= 0.6 is 0 Å². The third kappa shape index (κ3) is 3.68. The lowest BCUT2D eigenvalue weighted by Gasteiger charge is -2.34. The molecular formula is C14H21N3O4. The highest BCUT2D eigenvalue weighted by Gasteiger charge is 2.28. The lowest BCUT2D eigenvalue weighted by atomic mass is 10.2. The van der Waals surface area contributed by atoms with Crippen LogP contribution < -0.4 is 5.56 Å². The number of aliphatic hydroxyl groups excluding tert-OH is 1. The summed E-state index contributed by atoms with van der Waals surface area (Å²) in [7, 11) is 0. The maximum atomic E-state index is 12.5. The predicted molar refractivity (Wildman–Crippen MR) is 76.1 cm³/mol. The van der Waals surface area contributed by atoms with Gasteiger partial charge < -0.3 is 14.7 Å². The molecule has 2 heterocycles. The average Bonchev–Trinajstić information content (AvgIpc) is 2.53. The number of carbonyl (C=O) groups excluding carboxylic acids is 1. The molecule has 1 aliphatic rings. The van der Waals surface area contributed by atoms with Crippen LogP contribution in [0.25, 0.3) is 0 Å². The minimum absolute atomic E-state index is 0.152. The van der Waals surface area contributed by atoms with Crippen molar-refractivity contribution >= 4 is 5.91 Å². The Balaban J connectivity index is 2.20. The summed E-state index contributed by atoms with van der Waals surface area (Å²) in [5, 5.41) is 13.5. The molecule has 1 N–H and O–H groups in total. The molecule has 0 bridgehead atoms. The quantitative estimate of drug-likeness (QED) is 0.818. The number of ether oxygens (including phenoxy) is 1. The summed E-state index contributed by atoms with van der Waals surface area (Å²) >= 11 is 0. The number of aryl methyl sites for hydroxylation is 1. The maximum Gasteiger partial charge on any atom is 0.274 e. The van der Waals surface area contributed by atoms with Gasteiger partial charge in [0.15, 0.2) is 0 Å². The van der Waals surface area contributed by atoms with Gasteiger partial charge in [-0.1, -0.05) is 13.3 Å². The number of aliphatic hydroxyl groups is 1. The maximum absolute atomic E-state index is 12.5. The smallest absolute Gasteiger partial charge is 0.274 e. The summed E-state index contributed by atoms with van der Waals surface area (Å²) in [5.74, 6) is -0.275. The Kier molecular flexibility index (Phi) is 5.46. The molecule has 21 heavy (non-hydrogen) atoms. The fraction of sp³-hybridized carbons (Fsp3) is 0.643. The van der Waals surface area contributed by atoms with Crippen molar-refractivity contribution in [1.82, 2.24) is 14.7 Å². The summed E-state index contributed by atoms with van der Waals surface area (Å²) in [6.45, 7) is 3.55. The molecule has 1 fully saturated rings. The Morgan fingerprint density at radius 1 is 1.52 bits per heavy atom. The number of nitrogens with zero attached hydrogens (tertiary/aromatic N) is 3. The van der Waals surface area contributed by atoms with Crippen LogP contribution in [-0.2, 0) is 11.3 Å². The second-order valence-corrected chi connectivity index (χ2v) is 5.04. The van der Waals surface area contributed by atoms with Crippen LogP contribution in [0, 0.1) is 0 Å². The van der Waals surface area contributed by atoms with Gasteiger partial charge in [0.25, 0.3) is 11.5 Å². The number of amides is 1. The molecule has 1 aromatic rings. The molecule has 7 nitrogen and oxygen atoms in total. The van der Waals surface area contributed by atoms with Crippen LogP contribution in [0.1, 0.15) is 30.3 Å². The van der Waals surface area contributed by atoms with Crippen molar-refractivity contribution in [1.29, 1.82) is 0 Å². The lowest BCUT2D eigenvalue weighted by molar-refractivity contribution is -0.0187. The highest BCUT2D eigenvalue weighted by atomic mass is 16.5. The van der Waals surface area contributed by atoms with E-state index in [1.165, 1.54) is 16.8 Å². The zero-order valence-corrected chi connectivity index (χ0v) is 12.2. The predicted octanol–water partition coefficient (Wildman–Crippen LogP) is -0.123. The van der Waals surface area contributed by atoms with Crippen molar-refractivity contribution in [2.45, 2.75) is 32.4 Å². The van der Waals surface area contributed by atoms with Gasteiger partial charge >= 0.3 is 0 Å². The molecule has 0 spiro atoms. The Hall–Kier alpha value is -1.73. The first-order valence-electron chi connectivity index (χ1n) is 7.25. The molecule has 1 unspecified atom stereocenters. The molecule has 1 atom stereocenters. The van der Waals surface area contributed by atoms with Gasteiger partial charge in [0.05, 0.1) is 25.9 Å². The SMILES string of the molecule is CCCCn1nc(C(=O)N2CCOCC2CO)ccc1=O. The summed E-state index contributed by atoms with van der Waals surface area (Å²) in [5.41, 5.74) is 0.0201. The molecule has 0 radical (unpaired) electrons. The second kappa shape index (κ2) is 7.33. The fourth-order valence-electron chi connectivity index (χ4n) is 2.25. The van der Waals surface area contributed by atoms with E-state index in [2.05, 4.69) is 5.10 Å². The summed E-state index contributed by atoms with van der Waals surface area (Å²) in [6.07, 6.45) is 1.78. The number of morpholine rings is 1. The Bertz CT molecular complexity index is 543.